The number of halogens is 2. The van der Waals surface area contributed by atoms with E-state index in [4.69, 9.17) is 16.3 Å². The van der Waals surface area contributed by atoms with Gasteiger partial charge in [-0.2, -0.15) is 4.31 Å². The molecule has 3 aromatic rings. The van der Waals surface area contributed by atoms with Crippen molar-refractivity contribution >= 4 is 33.2 Å². The Morgan fingerprint density at radius 2 is 1.82 bits per heavy atom. The summed E-state index contributed by atoms with van der Waals surface area (Å²) in [6, 6.07) is 16.5. The van der Waals surface area contributed by atoms with Crippen LogP contribution in [0, 0.1) is 5.82 Å². The van der Waals surface area contributed by atoms with Crippen LogP contribution in [0.15, 0.2) is 71.6 Å². The third kappa shape index (κ3) is 6.10. The molecule has 0 aliphatic carbocycles. The van der Waals surface area contributed by atoms with Gasteiger partial charge in [-0.15, -0.1) is 0 Å². The maximum Gasteiger partial charge on any atom is 0.257 e. The Morgan fingerprint density at radius 1 is 1.09 bits per heavy atom. The summed E-state index contributed by atoms with van der Waals surface area (Å²) in [5.74, 6) is -0.553. The second kappa shape index (κ2) is 10.3. The van der Waals surface area contributed by atoms with Crippen molar-refractivity contribution in [3.8, 4) is 5.75 Å². The van der Waals surface area contributed by atoms with Gasteiger partial charge in [-0.25, -0.2) is 12.8 Å². The molecule has 1 amide bonds. The number of amides is 1. The molecule has 0 saturated carbocycles. The molecule has 0 aromatic heterocycles. The predicted octanol–water partition coefficient (Wildman–Crippen LogP) is 5.34. The Bertz CT molecular complexity index is 1260. The molecule has 174 valence electrons. The van der Waals surface area contributed by atoms with Crippen molar-refractivity contribution in [1.82, 2.24) is 4.31 Å². The van der Waals surface area contributed by atoms with Gasteiger partial charge in [0.1, 0.15) is 18.2 Å². The topological polar surface area (TPSA) is 75.7 Å². The van der Waals surface area contributed by atoms with Crippen LogP contribution in [0.2, 0.25) is 5.02 Å². The fourth-order valence-corrected chi connectivity index (χ4v) is 4.54. The smallest absolute Gasteiger partial charge is 0.257 e. The molecule has 0 saturated heterocycles. The van der Waals surface area contributed by atoms with E-state index in [1.807, 2.05) is 0 Å². The minimum Gasteiger partial charge on any atom is -0.489 e. The molecule has 0 bridgehead atoms. The van der Waals surface area contributed by atoms with E-state index in [2.05, 4.69) is 5.32 Å². The molecule has 0 fully saturated rings. The van der Waals surface area contributed by atoms with E-state index in [-0.39, 0.29) is 28.1 Å². The molecular formula is C24H24ClFN2O4S. The number of nitrogens with zero attached hydrogens (tertiary/aromatic N) is 1. The lowest BCUT2D eigenvalue weighted by atomic mass is 10.1. The first-order valence-corrected chi connectivity index (χ1v) is 12.0. The third-order valence-electron chi connectivity index (χ3n) is 4.97. The maximum absolute atomic E-state index is 13.3. The number of benzene rings is 3. The van der Waals surface area contributed by atoms with Crippen molar-refractivity contribution in [2.75, 3.05) is 12.4 Å². The van der Waals surface area contributed by atoms with Gasteiger partial charge in [0, 0.05) is 24.8 Å². The number of anilines is 1. The number of carbonyl (C=O) groups excluding carboxylic acids is 1. The van der Waals surface area contributed by atoms with Crippen molar-refractivity contribution in [2.45, 2.75) is 31.4 Å². The fourth-order valence-electron chi connectivity index (χ4n) is 2.94. The molecule has 1 N–H and O–H groups in total. The van der Waals surface area contributed by atoms with Gasteiger partial charge in [0.2, 0.25) is 10.0 Å². The molecule has 0 heterocycles. The number of sulfonamides is 1. The Balaban J connectivity index is 1.77. The zero-order valence-corrected chi connectivity index (χ0v) is 20.0. The van der Waals surface area contributed by atoms with Gasteiger partial charge < -0.3 is 10.1 Å². The van der Waals surface area contributed by atoms with E-state index >= 15 is 0 Å². The van der Waals surface area contributed by atoms with Gasteiger partial charge in [-0.05, 0) is 61.9 Å². The van der Waals surface area contributed by atoms with E-state index in [1.54, 1.807) is 50.2 Å². The van der Waals surface area contributed by atoms with Gasteiger partial charge in [0.15, 0.2) is 0 Å². The summed E-state index contributed by atoms with van der Waals surface area (Å²) >= 11 is 6.19. The number of nitrogens with one attached hydrogen (secondary N) is 1. The molecular weight excluding hydrogens is 467 g/mol. The molecule has 9 heteroatoms. The molecule has 6 nitrogen and oxygen atoms in total. The van der Waals surface area contributed by atoms with Crippen LogP contribution in [-0.2, 0) is 16.6 Å². The van der Waals surface area contributed by atoms with Crippen LogP contribution in [0.5, 0.6) is 5.75 Å². The van der Waals surface area contributed by atoms with E-state index in [9.17, 15) is 17.6 Å². The molecule has 0 spiro atoms. The molecule has 3 aromatic carbocycles. The van der Waals surface area contributed by atoms with Crippen LogP contribution in [-0.4, -0.2) is 31.7 Å². The summed E-state index contributed by atoms with van der Waals surface area (Å²) in [7, 11) is -2.30. The molecule has 0 radical (unpaired) electrons. The second-order valence-electron chi connectivity index (χ2n) is 7.66. The first-order valence-electron chi connectivity index (χ1n) is 10.1. The highest BCUT2D eigenvalue weighted by atomic mass is 35.5. The molecule has 0 atom stereocenters. The minimum absolute atomic E-state index is 0.0227. The van der Waals surface area contributed by atoms with Gasteiger partial charge in [-0.3, -0.25) is 4.79 Å². The first kappa shape index (κ1) is 24.7. The number of hydrogen-bond donors (Lipinski definition) is 1. The van der Waals surface area contributed by atoms with Crippen molar-refractivity contribution < 1.29 is 22.3 Å². The average Bonchev–Trinajstić information content (AvgIpc) is 2.77. The number of carbonyl (C=O) groups is 1. The highest BCUT2D eigenvalue weighted by Gasteiger charge is 2.25. The molecule has 0 unspecified atom stereocenters. The Kier molecular flexibility index (Phi) is 7.73. The van der Waals surface area contributed by atoms with E-state index in [0.717, 1.165) is 5.56 Å². The summed E-state index contributed by atoms with van der Waals surface area (Å²) in [6.07, 6.45) is 0. The van der Waals surface area contributed by atoms with Crippen molar-refractivity contribution in [1.29, 1.82) is 0 Å². The zero-order chi connectivity index (χ0) is 24.2. The second-order valence-corrected chi connectivity index (χ2v) is 10.1. The van der Waals surface area contributed by atoms with Gasteiger partial charge >= 0.3 is 0 Å². The Labute approximate surface area is 198 Å². The van der Waals surface area contributed by atoms with Gasteiger partial charge in [0.05, 0.1) is 15.5 Å². The highest BCUT2D eigenvalue weighted by Crippen LogP contribution is 2.25. The largest absolute Gasteiger partial charge is 0.489 e. The summed E-state index contributed by atoms with van der Waals surface area (Å²) in [5.41, 5.74) is 1.26. The van der Waals surface area contributed by atoms with E-state index in [1.165, 1.54) is 41.7 Å². The highest BCUT2D eigenvalue weighted by molar-refractivity contribution is 7.89. The van der Waals surface area contributed by atoms with Crippen molar-refractivity contribution in [2.24, 2.45) is 0 Å². The third-order valence-corrected chi connectivity index (χ3v) is 7.33. The Morgan fingerprint density at radius 3 is 2.52 bits per heavy atom. The van der Waals surface area contributed by atoms with Crippen LogP contribution in [0.25, 0.3) is 0 Å². The van der Waals surface area contributed by atoms with Crippen LogP contribution in [0.1, 0.15) is 29.8 Å². The van der Waals surface area contributed by atoms with Crippen LogP contribution in [0.3, 0.4) is 0 Å². The number of hydrogen-bond acceptors (Lipinski definition) is 4. The van der Waals surface area contributed by atoms with Gasteiger partial charge in [-0.1, -0.05) is 29.8 Å². The summed E-state index contributed by atoms with van der Waals surface area (Å²) in [6.45, 7) is 3.68. The first-order chi connectivity index (χ1) is 15.6. The molecule has 33 heavy (non-hydrogen) atoms. The standard InChI is InChI=1S/C24H24ClFN2O4S/c1-16(2)28(3)33(30,31)21-10-11-23(25)22(14-21)24(29)27-19-8-4-6-17(12-19)15-32-20-9-5-7-18(26)13-20/h4-14,16H,15H2,1-3H3,(H,27,29). The molecule has 0 aliphatic heterocycles. The summed E-state index contributed by atoms with van der Waals surface area (Å²) in [5, 5.41) is 2.86. The average molecular weight is 491 g/mol. The van der Waals surface area contributed by atoms with Crippen LogP contribution < -0.4 is 10.1 Å². The lowest BCUT2D eigenvalue weighted by Gasteiger charge is -2.21. The Hall–Kier alpha value is -2.94. The number of rotatable bonds is 8. The predicted molar refractivity (Wildman–Crippen MR) is 127 cm³/mol. The zero-order valence-electron chi connectivity index (χ0n) is 18.4. The van der Waals surface area contributed by atoms with Crippen molar-refractivity contribution in [3.63, 3.8) is 0 Å². The lowest BCUT2D eigenvalue weighted by molar-refractivity contribution is 0.102. The minimum atomic E-state index is -3.78. The molecule has 3 rings (SSSR count). The van der Waals surface area contributed by atoms with Crippen LogP contribution >= 0.6 is 11.6 Å². The lowest BCUT2D eigenvalue weighted by Crippen LogP contribution is -2.33. The SMILES string of the molecule is CC(C)N(C)S(=O)(=O)c1ccc(Cl)c(C(=O)Nc2cccc(COc3cccc(F)c3)c2)c1. The maximum atomic E-state index is 13.3. The number of ether oxygens (including phenoxy) is 1. The van der Waals surface area contributed by atoms with E-state index < -0.39 is 21.7 Å². The van der Waals surface area contributed by atoms with Gasteiger partial charge in [0.25, 0.3) is 5.91 Å². The fraction of sp³-hybridized carbons (Fsp3) is 0.208. The summed E-state index contributed by atoms with van der Waals surface area (Å²) < 4.78 is 45.7. The van der Waals surface area contributed by atoms with E-state index in [0.29, 0.717) is 11.4 Å². The van der Waals surface area contributed by atoms with Crippen LogP contribution in [0.4, 0.5) is 10.1 Å². The van der Waals surface area contributed by atoms with Crippen molar-refractivity contribution in [3.05, 3.63) is 88.7 Å². The quantitative estimate of drug-likeness (QED) is 0.462. The monoisotopic (exact) mass is 490 g/mol. The molecule has 0 aliphatic rings. The normalized spacial score (nSPS) is 11.6. The summed E-state index contributed by atoms with van der Waals surface area (Å²) in [4.78, 5) is 12.8.